The van der Waals surface area contributed by atoms with Crippen LogP contribution in [0.15, 0.2) is 65.8 Å². The molecule has 0 spiro atoms. The molecule has 0 bridgehead atoms. The van der Waals surface area contributed by atoms with E-state index in [-0.39, 0.29) is 17.8 Å². The molecule has 2 unspecified atom stereocenters. The summed E-state index contributed by atoms with van der Waals surface area (Å²) in [5, 5.41) is 0.416. The SMILES string of the molecule is C=CCOC(=O)C1=C(C)N=C2SC(CC)C(=O)N2C1c1ccc(OCC=C)cc1. The van der Waals surface area contributed by atoms with E-state index in [1.165, 1.54) is 17.8 Å². The lowest BCUT2D eigenvalue weighted by Crippen LogP contribution is -2.40. The molecule has 2 aliphatic rings. The highest BCUT2D eigenvalue weighted by atomic mass is 32.2. The van der Waals surface area contributed by atoms with E-state index in [4.69, 9.17) is 9.47 Å². The number of amidine groups is 1. The molecule has 3 rings (SSSR count). The van der Waals surface area contributed by atoms with Crippen LogP contribution in [0, 0.1) is 0 Å². The molecule has 2 aliphatic heterocycles. The Kier molecular flexibility index (Phi) is 6.59. The second-order valence-electron chi connectivity index (χ2n) is 6.57. The summed E-state index contributed by atoms with van der Waals surface area (Å²) in [4.78, 5) is 32.0. The lowest BCUT2D eigenvalue weighted by molar-refractivity contribution is -0.139. The number of hydrogen-bond donors (Lipinski definition) is 0. The maximum absolute atomic E-state index is 13.0. The molecule has 0 aromatic heterocycles. The van der Waals surface area contributed by atoms with Crippen LogP contribution in [0.3, 0.4) is 0 Å². The van der Waals surface area contributed by atoms with Crippen molar-refractivity contribution in [2.24, 2.45) is 4.99 Å². The topological polar surface area (TPSA) is 68.2 Å². The van der Waals surface area contributed by atoms with Gasteiger partial charge in [0.15, 0.2) is 5.17 Å². The molecule has 0 radical (unpaired) electrons. The Hall–Kier alpha value is -2.80. The van der Waals surface area contributed by atoms with Crippen LogP contribution in [0.4, 0.5) is 0 Å². The molecule has 1 saturated heterocycles. The number of thioether (sulfide) groups is 1. The lowest BCUT2D eigenvalue weighted by atomic mass is 9.94. The molecule has 0 saturated carbocycles. The van der Waals surface area contributed by atoms with Gasteiger partial charge in [-0.2, -0.15) is 0 Å². The Morgan fingerprint density at radius 1 is 1.24 bits per heavy atom. The van der Waals surface area contributed by atoms with E-state index in [0.29, 0.717) is 35.2 Å². The minimum Gasteiger partial charge on any atom is -0.490 e. The van der Waals surface area contributed by atoms with Crippen molar-refractivity contribution in [3.8, 4) is 5.75 Å². The third kappa shape index (κ3) is 4.15. The molecule has 152 valence electrons. The molecule has 1 aromatic carbocycles. The number of ether oxygens (including phenoxy) is 2. The van der Waals surface area contributed by atoms with Crippen molar-refractivity contribution in [2.45, 2.75) is 31.6 Å². The van der Waals surface area contributed by atoms with Crippen LogP contribution < -0.4 is 4.74 Å². The van der Waals surface area contributed by atoms with Gasteiger partial charge in [0.1, 0.15) is 19.0 Å². The molecular formula is C22H24N2O4S. The first-order valence-electron chi connectivity index (χ1n) is 9.42. The van der Waals surface area contributed by atoms with E-state index >= 15 is 0 Å². The van der Waals surface area contributed by atoms with E-state index in [1.54, 1.807) is 17.9 Å². The molecular weight excluding hydrogens is 388 g/mol. The second-order valence-corrected chi connectivity index (χ2v) is 7.74. The van der Waals surface area contributed by atoms with Gasteiger partial charge < -0.3 is 9.47 Å². The van der Waals surface area contributed by atoms with E-state index < -0.39 is 12.0 Å². The highest BCUT2D eigenvalue weighted by Gasteiger charge is 2.47. The van der Waals surface area contributed by atoms with Gasteiger partial charge in [0.25, 0.3) is 0 Å². The zero-order valence-corrected chi connectivity index (χ0v) is 17.4. The van der Waals surface area contributed by atoms with Gasteiger partial charge >= 0.3 is 5.97 Å². The molecule has 1 amide bonds. The number of fused-ring (bicyclic) bond motifs is 1. The molecule has 7 heteroatoms. The van der Waals surface area contributed by atoms with Crippen molar-refractivity contribution < 1.29 is 19.1 Å². The monoisotopic (exact) mass is 412 g/mol. The van der Waals surface area contributed by atoms with Crippen molar-refractivity contribution in [2.75, 3.05) is 13.2 Å². The van der Waals surface area contributed by atoms with Crippen molar-refractivity contribution in [3.05, 3.63) is 66.4 Å². The van der Waals surface area contributed by atoms with Gasteiger partial charge in [-0.25, -0.2) is 9.79 Å². The number of rotatable bonds is 8. The smallest absolute Gasteiger partial charge is 0.338 e. The van der Waals surface area contributed by atoms with Gasteiger partial charge in [0.2, 0.25) is 5.91 Å². The number of amides is 1. The second kappa shape index (κ2) is 9.13. The van der Waals surface area contributed by atoms with E-state index in [2.05, 4.69) is 18.2 Å². The van der Waals surface area contributed by atoms with Crippen LogP contribution in [0.5, 0.6) is 5.75 Å². The maximum Gasteiger partial charge on any atom is 0.338 e. The lowest BCUT2D eigenvalue weighted by Gasteiger charge is -2.33. The van der Waals surface area contributed by atoms with Crippen LogP contribution in [-0.2, 0) is 14.3 Å². The molecule has 2 heterocycles. The first-order chi connectivity index (χ1) is 14.0. The van der Waals surface area contributed by atoms with Gasteiger partial charge in [0, 0.05) is 0 Å². The van der Waals surface area contributed by atoms with Crippen LogP contribution in [0.2, 0.25) is 0 Å². The molecule has 1 aromatic rings. The van der Waals surface area contributed by atoms with Crippen molar-refractivity contribution in [3.63, 3.8) is 0 Å². The number of aliphatic imine (C=N–C) groups is 1. The first-order valence-corrected chi connectivity index (χ1v) is 10.3. The molecule has 29 heavy (non-hydrogen) atoms. The van der Waals surface area contributed by atoms with Crippen LogP contribution in [0.1, 0.15) is 31.9 Å². The number of nitrogens with zero attached hydrogens (tertiary/aromatic N) is 2. The Bertz CT molecular complexity index is 889. The predicted molar refractivity (Wildman–Crippen MR) is 115 cm³/mol. The third-order valence-electron chi connectivity index (χ3n) is 4.64. The molecule has 0 aliphatic carbocycles. The quantitative estimate of drug-likeness (QED) is 0.477. The fraction of sp³-hybridized carbons (Fsp3) is 0.318. The van der Waals surface area contributed by atoms with Crippen LogP contribution in [0.25, 0.3) is 0 Å². The van der Waals surface area contributed by atoms with Gasteiger partial charge in [-0.05, 0) is 31.0 Å². The number of allylic oxidation sites excluding steroid dienone is 1. The molecule has 6 nitrogen and oxygen atoms in total. The number of benzene rings is 1. The fourth-order valence-corrected chi connectivity index (χ4v) is 4.41. The van der Waals surface area contributed by atoms with Crippen molar-refractivity contribution in [1.82, 2.24) is 4.90 Å². The summed E-state index contributed by atoms with van der Waals surface area (Å²) in [7, 11) is 0. The zero-order chi connectivity index (χ0) is 21.0. The molecule has 1 fully saturated rings. The van der Waals surface area contributed by atoms with Crippen LogP contribution in [-0.4, -0.2) is 40.4 Å². The average molecular weight is 413 g/mol. The van der Waals surface area contributed by atoms with Crippen molar-refractivity contribution >= 4 is 28.8 Å². The number of esters is 1. The largest absolute Gasteiger partial charge is 0.490 e. The molecule has 0 N–H and O–H groups in total. The van der Waals surface area contributed by atoms with Gasteiger partial charge in [-0.15, -0.1) is 0 Å². The van der Waals surface area contributed by atoms with Gasteiger partial charge in [0.05, 0.1) is 22.6 Å². The zero-order valence-electron chi connectivity index (χ0n) is 16.6. The third-order valence-corrected chi connectivity index (χ3v) is 5.96. The van der Waals surface area contributed by atoms with Crippen LogP contribution >= 0.6 is 11.8 Å². The normalized spacial score (nSPS) is 20.8. The Balaban J connectivity index is 2.03. The minimum absolute atomic E-state index is 0.0465. The summed E-state index contributed by atoms with van der Waals surface area (Å²) in [5.74, 6) is 0.137. The van der Waals surface area contributed by atoms with Gasteiger partial charge in [-0.1, -0.05) is 56.1 Å². The Morgan fingerprint density at radius 3 is 2.55 bits per heavy atom. The number of carbonyl (C=O) groups excluding carboxylic acids is 2. The van der Waals surface area contributed by atoms with Gasteiger partial charge in [-0.3, -0.25) is 9.69 Å². The number of carbonyl (C=O) groups is 2. The summed E-state index contributed by atoms with van der Waals surface area (Å²) in [6.07, 6.45) is 3.87. The molecule has 2 atom stereocenters. The first kappa shape index (κ1) is 20.9. The summed E-state index contributed by atoms with van der Waals surface area (Å²) < 4.78 is 10.8. The van der Waals surface area contributed by atoms with E-state index in [0.717, 1.165) is 5.56 Å². The average Bonchev–Trinajstić information content (AvgIpc) is 3.05. The minimum atomic E-state index is -0.593. The summed E-state index contributed by atoms with van der Waals surface area (Å²) >= 11 is 1.44. The summed E-state index contributed by atoms with van der Waals surface area (Å²) in [6.45, 7) is 11.5. The highest BCUT2D eigenvalue weighted by molar-refractivity contribution is 8.15. The maximum atomic E-state index is 13.0. The standard InChI is InChI=1S/C22H24N2O4S/c1-5-12-27-16-10-8-15(9-11-16)19-18(21(26)28-13-6-2)14(4)23-22-24(19)20(25)17(7-3)29-22/h5-6,8-11,17,19H,1-2,7,12-13H2,3-4H3. The predicted octanol–water partition coefficient (Wildman–Crippen LogP) is 4.02. The Morgan fingerprint density at radius 2 is 1.93 bits per heavy atom. The fourth-order valence-electron chi connectivity index (χ4n) is 3.28. The van der Waals surface area contributed by atoms with E-state index in [1.807, 2.05) is 31.2 Å². The summed E-state index contributed by atoms with van der Waals surface area (Å²) in [6, 6.07) is 6.76. The highest BCUT2D eigenvalue weighted by Crippen LogP contribution is 2.44. The van der Waals surface area contributed by atoms with Crippen molar-refractivity contribution in [1.29, 1.82) is 0 Å². The summed E-state index contributed by atoms with van der Waals surface area (Å²) in [5.41, 5.74) is 1.71. The number of hydrogen-bond acceptors (Lipinski definition) is 6. The van der Waals surface area contributed by atoms with E-state index in [9.17, 15) is 9.59 Å². The Labute approximate surface area is 175 Å².